The number of nitrogens with one attached hydrogen (secondary N) is 1. The molecule has 36 heavy (non-hydrogen) atoms. The smallest absolute Gasteiger partial charge is 0.254 e. The van der Waals surface area contributed by atoms with E-state index in [0.29, 0.717) is 6.04 Å². The molecule has 2 aromatic rings. The van der Waals surface area contributed by atoms with Gasteiger partial charge in [0.05, 0.1) is 11.4 Å². The Morgan fingerprint density at radius 3 is 2.06 bits per heavy atom. The summed E-state index contributed by atoms with van der Waals surface area (Å²) in [7, 11) is 3.47. The number of allylic oxidation sites excluding steroid dienone is 1. The summed E-state index contributed by atoms with van der Waals surface area (Å²) < 4.78 is 0. The molecule has 6 heteroatoms. The zero-order valence-corrected chi connectivity index (χ0v) is 23.1. The van der Waals surface area contributed by atoms with Crippen molar-refractivity contribution < 1.29 is 9.90 Å². The molecule has 2 aromatic carbocycles. The van der Waals surface area contributed by atoms with Crippen LogP contribution in [0.5, 0.6) is 0 Å². The van der Waals surface area contributed by atoms with Crippen LogP contribution in [0.4, 0.5) is 11.4 Å². The summed E-state index contributed by atoms with van der Waals surface area (Å²) in [6.07, 6.45) is 15.9. The lowest BCUT2D eigenvalue weighted by Gasteiger charge is -2.32. The largest absolute Gasteiger partial charge is 0.512 e. The molecule has 4 nitrogen and oxygen atoms in total. The molecule has 0 bridgehead atoms. The van der Waals surface area contributed by atoms with Gasteiger partial charge in [-0.05, 0) is 56.9 Å². The Kier molecular flexibility index (Phi) is 10.5. The third-order valence-electron chi connectivity index (χ3n) is 7.21. The van der Waals surface area contributed by atoms with E-state index in [0.717, 1.165) is 36.3 Å². The Morgan fingerprint density at radius 1 is 0.833 bits per heavy atom. The van der Waals surface area contributed by atoms with Crippen LogP contribution in [0.1, 0.15) is 84.0 Å². The molecule has 2 aliphatic rings. The van der Waals surface area contributed by atoms with Gasteiger partial charge in [0.25, 0.3) is 5.91 Å². The quantitative estimate of drug-likeness (QED) is 0.156. The number of nitrogens with zero attached hydrogens (tertiary/aromatic N) is 1. The zero-order chi connectivity index (χ0) is 25.2. The summed E-state index contributed by atoms with van der Waals surface area (Å²) >= 11 is 0. The summed E-state index contributed by atoms with van der Waals surface area (Å²) in [6, 6.07) is 17.5. The summed E-state index contributed by atoms with van der Waals surface area (Å²) in [5.74, 6) is -0.0768. The van der Waals surface area contributed by atoms with Crippen molar-refractivity contribution in [3.63, 3.8) is 0 Å². The number of aliphatic hydroxyl groups excluding tert-OH is 1. The van der Waals surface area contributed by atoms with Crippen LogP contribution in [-0.2, 0) is 4.79 Å². The molecule has 1 amide bonds. The van der Waals surface area contributed by atoms with Crippen LogP contribution >= 0.6 is 21.6 Å². The predicted molar refractivity (Wildman–Crippen MR) is 155 cm³/mol. The van der Waals surface area contributed by atoms with E-state index in [1.165, 1.54) is 68.0 Å². The second kappa shape index (κ2) is 14.0. The Hall–Kier alpha value is -2.05. The van der Waals surface area contributed by atoms with E-state index in [-0.39, 0.29) is 17.7 Å². The first-order valence-corrected chi connectivity index (χ1v) is 15.8. The van der Waals surface area contributed by atoms with E-state index in [2.05, 4.69) is 41.7 Å². The molecule has 0 aliphatic heterocycles. The van der Waals surface area contributed by atoms with E-state index in [4.69, 9.17) is 0 Å². The van der Waals surface area contributed by atoms with E-state index >= 15 is 0 Å². The lowest BCUT2D eigenvalue weighted by Crippen LogP contribution is -2.40. The van der Waals surface area contributed by atoms with Gasteiger partial charge in [-0.1, -0.05) is 97.2 Å². The lowest BCUT2D eigenvalue weighted by atomic mass is 10.1. The SMILES string of the molecule is C/C(O)=C/C(=O)N(c1ccccc1SSc1ccccc1NC1CCCCCC1)C1CCCCCC1. The van der Waals surface area contributed by atoms with Gasteiger partial charge in [0.1, 0.15) is 0 Å². The van der Waals surface area contributed by atoms with E-state index in [1.54, 1.807) is 28.5 Å². The number of benzene rings is 2. The topological polar surface area (TPSA) is 52.6 Å². The number of carbonyl (C=O) groups excluding carboxylic acids is 1. The van der Waals surface area contributed by atoms with Gasteiger partial charge in [0, 0.05) is 33.6 Å². The monoisotopic (exact) mass is 524 g/mol. The van der Waals surface area contributed by atoms with E-state index in [9.17, 15) is 9.90 Å². The standard InChI is InChI=1S/C30H40N2O2S2/c1-23(33)22-30(34)32(25-16-8-4-5-9-17-25)27-19-11-13-21-29(27)36-35-28-20-12-10-18-26(28)31-24-14-6-2-3-7-15-24/h10-13,18-22,24-25,31,33H,2-9,14-17H2,1H3/b23-22-. The predicted octanol–water partition coefficient (Wildman–Crippen LogP) is 9.14. The minimum Gasteiger partial charge on any atom is -0.512 e. The number of amides is 1. The van der Waals surface area contributed by atoms with Gasteiger partial charge in [-0.25, -0.2) is 0 Å². The van der Waals surface area contributed by atoms with Crippen molar-refractivity contribution in [2.75, 3.05) is 10.2 Å². The Bertz CT molecular complexity index is 1010. The van der Waals surface area contributed by atoms with Crippen LogP contribution in [0.3, 0.4) is 0 Å². The van der Waals surface area contributed by atoms with Gasteiger partial charge in [0.15, 0.2) is 0 Å². The van der Waals surface area contributed by atoms with Gasteiger partial charge in [-0.15, -0.1) is 0 Å². The van der Waals surface area contributed by atoms with Gasteiger partial charge in [-0.2, -0.15) is 0 Å². The molecule has 0 radical (unpaired) electrons. The molecule has 194 valence electrons. The second-order valence-electron chi connectivity index (χ2n) is 10.1. The van der Waals surface area contributed by atoms with Crippen LogP contribution < -0.4 is 10.2 Å². The molecule has 2 saturated carbocycles. The van der Waals surface area contributed by atoms with Crippen molar-refractivity contribution in [3.05, 3.63) is 60.4 Å². The number of anilines is 2. The molecular formula is C30H40N2O2S2. The molecule has 0 atom stereocenters. The Balaban J connectivity index is 1.55. The van der Waals surface area contributed by atoms with Crippen LogP contribution in [0.2, 0.25) is 0 Å². The van der Waals surface area contributed by atoms with Crippen molar-refractivity contribution in [2.24, 2.45) is 0 Å². The van der Waals surface area contributed by atoms with Gasteiger partial charge in [0.2, 0.25) is 0 Å². The normalized spacial score (nSPS) is 18.3. The van der Waals surface area contributed by atoms with E-state index in [1.807, 2.05) is 17.0 Å². The first-order chi connectivity index (χ1) is 17.6. The Morgan fingerprint density at radius 2 is 1.39 bits per heavy atom. The molecule has 4 rings (SSSR count). The van der Waals surface area contributed by atoms with Crippen molar-refractivity contribution in [3.8, 4) is 0 Å². The fraction of sp³-hybridized carbons (Fsp3) is 0.500. The zero-order valence-electron chi connectivity index (χ0n) is 21.5. The van der Waals surface area contributed by atoms with Crippen molar-refractivity contribution in [2.45, 2.75) is 106 Å². The van der Waals surface area contributed by atoms with E-state index < -0.39 is 0 Å². The average molecular weight is 525 g/mol. The number of aliphatic hydroxyl groups is 1. The Labute approximate surface area is 224 Å². The molecule has 0 spiro atoms. The molecule has 0 unspecified atom stereocenters. The highest BCUT2D eigenvalue weighted by Gasteiger charge is 2.27. The van der Waals surface area contributed by atoms with Crippen LogP contribution in [-0.4, -0.2) is 23.1 Å². The van der Waals surface area contributed by atoms with Crippen LogP contribution in [0.25, 0.3) is 0 Å². The van der Waals surface area contributed by atoms with Crippen LogP contribution in [0.15, 0.2) is 70.2 Å². The summed E-state index contributed by atoms with van der Waals surface area (Å²) in [5, 5.41) is 13.7. The molecule has 2 fully saturated rings. The number of hydrogen-bond acceptors (Lipinski definition) is 5. The summed E-state index contributed by atoms with van der Waals surface area (Å²) in [5.41, 5.74) is 2.15. The number of carbonyl (C=O) groups is 1. The maximum atomic E-state index is 13.4. The molecule has 0 heterocycles. The molecule has 2 aliphatic carbocycles. The highest BCUT2D eigenvalue weighted by atomic mass is 33.1. The third-order valence-corrected chi connectivity index (χ3v) is 9.68. The lowest BCUT2D eigenvalue weighted by molar-refractivity contribution is -0.114. The minimum absolute atomic E-state index is 0.0524. The van der Waals surface area contributed by atoms with Gasteiger partial charge < -0.3 is 15.3 Å². The molecule has 0 aromatic heterocycles. The van der Waals surface area contributed by atoms with Crippen molar-refractivity contribution in [1.29, 1.82) is 0 Å². The van der Waals surface area contributed by atoms with Gasteiger partial charge >= 0.3 is 0 Å². The molecular weight excluding hydrogens is 484 g/mol. The van der Waals surface area contributed by atoms with Crippen LogP contribution in [0, 0.1) is 0 Å². The molecule has 0 saturated heterocycles. The minimum atomic E-state index is -0.129. The van der Waals surface area contributed by atoms with Crippen molar-refractivity contribution >= 4 is 38.9 Å². The fourth-order valence-corrected chi connectivity index (χ4v) is 7.69. The maximum Gasteiger partial charge on any atom is 0.254 e. The number of rotatable bonds is 8. The summed E-state index contributed by atoms with van der Waals surface area (Å²) in [6.45, 7) is 1.57. The highest BCUT2D eigenvalue weighted by molar-refractivity contribution is 8.76. The molecule has 2 N–H and O–H groups in total. The summed E-state index contributed by atoms with van der Waals surface area (Å²) in [4.78, 5) is 17.6. The fourth-order valence-electron chi connectivity index (χ4n) is 5.38. The third kappa shape index (κ3) is 7.72. The second-order valence-corrected chi connectivity index (χ2v) is 12.3. The first-order valence-electron chi connectivity index (χ1n) is 13.6. The number of hydrogen-bond donors (Lipinski definition) is 2. The highest BCUT2D eigenvalue weighted by Crippen LogP contribution is 2.45. The number of para-hydroxylation sites is 2. The average Bonchev–Trinajstić information content (AvgIpc) is 3.29. The van der Waals surface area contributed by atoms with Gasteiger partial charge in [-0.3, -0.25) is 4.79 Å². The maximum absolute atomic E-state index is 13.4. The first kappa shape index (κ1) is 27.0. The van der Waals surface area contributed by atoms with Crippen molar-refractivity contribution in [1.82, 2.24) is 0 Å².